The number of fused-ring (bicyclic) bond motifs is 2. The zero-order valence-corrected chi connectivity index (χ0v) is 17.0. The number of aryl methyl sites for hydroxylation is 1. The molecule has 3 heterocycles. The number of carbonyl (C=O) groups excluding carboxylic acids is 1. The lowest BCUT2D eigenvalue weighted by molar-refractivity contribution is -0.137. The standard InChI is InChI=1S/C20H21F3N6O2/c1-11(2)18-15-7-12(20(21,22)23)3-5-14(15)19(31)29(27-18)9-17(30)25-13-4-6-16-26-24-10-28(16)8-13/h3,5,7,10-11,13H,4,6,8-9H2,1-2H3,(H,25,30)/t13-/m0/s1. The molecule has 164 valence electrons. The van der Waals surface area contributed by atoms with Gasteiger partial charge in [-0.1, -0.05) is 13.8 Å². The molecule has 0 bridgehead atoms. The lowest BCUT2D eigenvalue weighted by Crippen LogP contribution is -2.43. The van der Waals surface area contributed by atoms with Crippen LogP contribution in [-0.4, -0.2) is 36.5 Å². The molecule has 0 spiro atoms. The minimum Gasteiger partial charge on any atom is -0.350 e. The number of nitrogens with zero attached hydrogens (tertiary/aromatic N) is 5. The van der Waals surface area contributed by atoms with Crippen LogP contribution in [0.4, 0.5) is 13.2 Å². The second kappa shape index (κ2) is 7.78. The maximum Gasteiger partial charge on any atom is 0.416 e. The molecule has 2 aromatic heterocycles. The van der Waals surface area contributed by atoms with Gasteiger partial charge in [-0.05, 0) is 30.5 Å². The van der Waals surface area contributed by atoms with Gasteiger partial charge in [0.2, 0.25) is 5.91 Å². The second-order valence-corrected chi connectivity index (χ2v) is 7.96. The van der Waals surface area contributed by atoms with E-state index < -0.39 is 23.2 Å². The first-order valence-corrected chi connectivity index (χ1v) is 9.91. The Morgan fingerprint density at radius 2 is 2.06 bits per heavy atom. The van der Waals surface area contributed by atoms with Gasteiger partial charge in [0.15, 0.2) is 0 Å². The van der Waals surface area contributed by atoms with E-state index >= 15 is 0 Å². The highest BCUT2D eigenvalue weighted by Gasteiger charge is 2.31. The van der Waals surface area contributed by atoms with Crippen LogP contribution in [0.3, 0.4) is 0 Å². The molecule has 4 rings (SSSR count). The van der Waals surface area contributed by atoms with Crippen LogP contribution in [0.15, 0.2) is 29.3 Å². The highest BCUT2D eigenvalue weighted by molar-refractivity contribution is 5.85. The minimum absolute atomic E-state index is 0.103. The van der Waals surface area contributed by atoms with Gasteiger partial charge in [0.1, 0.15) is 18.7 Å². The Morgan fingerprint density at radius 3 is 2.77 bits per heavy atom. The largest absolute Gasteiger partial charge is 0.416 e. The van der Waals surface area contributed by atoms with E-state index in [-0.39, 0.29) is 29.3 Å². The molecule has 3 aromatic rings. The smallest absolute Gasteiger partial charge is 0.350 e. The summed E-state index contributed by atoms with van der Waals surface area (Å²) in [5, 5.41) is 15.2. The quantitative estimate of drug-likeness (QED) is 0.680. The summed E-state index contributed by atoms with van der Waals surface area (Å²) in [6.45, 7) is 3.76. The highest BCUT2D eigenvalue weighted by atomic mass is 19.4. The number of carbonyl (C=O) groups is 1. The fourth-order valence-corrected chi connectivity index (χ4v) is 3.81. The van der Waals surface area contributed by atoms with Gasteiger partial charge in [0, 0.05) is 24.4 Å². The van der Waals surface area contributed by atoms with E-state index in [0.717, 1.165) is 28.7 Å². The number of rotatable bonds is 4. The lowest BCUT2D eigenvalue weighted by Gasteiger charge is -2.24. The van der Waals surface area contributed by atoms with E-state index in [9.17, 15) is 22.8 Å². The van der Waals surface area contributed by atoms with Crippen molar-refractivity contribution in [2.75, 3.05) is 0 Å². The van der Waals surface area contributed by atoms with Crippen LogP contribution in [-0.2, 0) is 30.5 Å². The summed E-state index contributed by atoms with van der Waals surface area (Å²) >= 11 is 0. The average Bonchev–Trinajstić information content (AvgIpc) is 3.16. The summed E-state index contributed by atoms with van der Waals surface area (Å²) in [6.07, 6.45) is -1.55. The minimum atomic E-state index is -4.53. The lowest BCUT2D eigenvalue weighted by atomic mass is 10.0. The molecular weight excluding hydrogens is 413 g/mol. The molecule has 0 fully saturated rings. The van der Waals surface area contributed by atoms with Crippen molar-refractivity contribution >= 4 is 16.7 Å². The SMILES string of the molecule is CC(C)c1nn(CC(=O)N[C@H]2CCc3nncn3C2)c(=O)c2ccc(C(F)(F)F)cc12. The van der Waals surface area contributed by atoms with Crippen LogP contribution < -0.4 is 10.9 Å². The van der Waals surface area contributed by atoms with Crippen molar-refractivity contribution in [2.45, 2.75) is 57.9 Å². The van der Waals surface area contributed by atoms with E-state index in [2.05, 4.69) is 20.6 Å². The first-order valence-electron chi connectivity index (χ1n) is 9.91. The first kappa shape index (κ1) is 21.0. The zero-order valence-electron chi connectivity index (χ0n) is 17.0. The van der Waals surface area contributed by atoms with Crippen LogP contribution in [0, 0.1) is 0 Å². The monoisotopic (exact) mass is 434 g/mol. The van der Waals surface area contributed by atoms with Crippen LogP contribution in [0.25, 0.3) is 10.8 Å². The molecule has 0 radical (unpaired) electrons. The molecule has 1 aromatic carbocycles. The van der Waals surface area contributed by atoms with Gasteiger partial charge in [-0.2, -0.15) is 18.3 Å². The van der Waals surface area contributed by atoms with Gasteiger partial charge in [-0.25, -0.2) is 4.68 Å². The Kier molecular flexibility index (Phi) is 5.28. The fraction of sp³-hybridized carbons (Fsp3) is 0.450. The Hall–Kier alpha value is -3.24. The molecule has 1 aliphatic heterocycles. The number of benzene rings is 1. The molecule has 1 aliphatic rings. The van der Waals surface area contributed by atoms with Crippen molar-refractivity contribution < 1.29 is 18.0 Å². The van der Waals surface area contributed by atoms with Crippen LogP contribution in [0.5, 0.6) is 0 Å². The first-order chi connectivity index (χ1) is 14.6. The molecule has 0 aliphatic carbocycles. The van der Waals surface area contributed by atoms with Gasteiger partial charge in [-0.15, -0.1) is 10.2 Å². The Labute approximate surface area is 175 Å². The molecule has 0 saturated heterocycles. The maximum absolute atomic E-state index is 13.1. The predicted octanol–water partition coefficient (Wildman–Crippen LogP) is 2.26. The molecule has 1 atom stereocenters. The van der Waals surface area contributed by atoms with Crippen molar-refractivity contribution in [3.05, 3.63) is 52.0 Å². The van der Waals surface area contributed by atoms with Crippen molar-refractivity contribution in [1.29, 1.82) is 0 Å². The number of alkyl halides is 3. The Balaban J connectivity index is 1.61. The Morgan fingerprint density at radius 1 is 1.29 bits per heavy atom. The molecule has 8 nitrogen and oxygen atoms in total. The molecule has 0 saturated carbocycles. The van der Waals surface area contributed by atoms with Gasteiger partial charge in [-0.3, -0.25) is 9.59 Å². The summed E-state index contributed by atoms with van der Waals surface area (Å²) < 4.78 is 42.3. The third-order valence-electron chi connectivity index (χ3n) is 5.35. The van der Waals surface area contributed by atoms with Gasteiger partial charge < -0.3 is 9.88 Å². The summed E-state index contributed by atoms with van der Waals surface area (Å²) in [4.78, 5) is 25.4. The van der Waals surface area contributed by atoms with E-state index in [4.69, 9.17) is 0 Å². The number of aromatic nitrogens is 5. The normalized spacial score (nSPS) is 16.5. The number of amides is 1. The van der Waals surface area contributed by atoms with Crippen molar-refractivity contribution in [3.63, 3.8) is 0 Å². The predicted molar refractivity (Wildman–Crippen MR) is 105 cm³/mol. The highest BCUT2D eigenvalue weighted by Crippen LogP contribution is 2.32. The molecule has 31 heavy (non-hydrogen) atoms. The zero-order chi connectivity index (χ0) is 22.3. The molecule has 11 heteroatoms. The summed E-state index contributed by atoms with van der Waals surface area (Å²) in [5.74, 6) is 0.223. The topological polar surface area (TPSA) is 94.7 Å². The third kappa shape index (κ3) is 4.17. The molecule has 1 N–H and O–H groups in total. The number of halogens is 3. The Bertz CT molecular complexity index is 1200. The van der Waals surface area contributed by atoms with Crippen molar-refractivity contribution in [2.24, 2.45) is 0 Å². The summed E-state index contributed by atoms with van der Waals surface area (Å²) in [5.41, 5.74) is -1.11. The van der Waals surface area contributed by atoms with Gasteiger partial charge >= 0.3 is 6.18 Å². The van der Waals surface area contributed by atoms with E-state index in [1.807, 2.05) is 4.57 Å². The molecular formula is C20H21F3N6O2. The number of hydrogen-bond acceptors (Lipinski definition) is 5. The fourth-order valence-electron chi connectivity index (χ4n) is 3.81. The van der Waals surface area contributed by atoms with Crippen LogP contribution >= 0.6 is 0 Å². The van der Waals surface area contributed by atoms with Crippen LogP contribution in [0.2, 0.25) is 0 Å². The van der Waals surface area contributed by atoms with Gasteiger partial charge in [0.05, 0.1) is 16.6 Å². The number of nitrogens with one attached hydrogen (secondary N) is 1. The van der Waals surface area contributed by atoms with E-state index in [1.165, 1.54) is 0 Å². The molecule has 0 unspecified atom stereocenters. The summed E-state index contributed by atoms with van der Waals surface area (Å²) in [6, 6.07) is 2.84. The van der Waals surface area contributed by atoms with Crippen molar-refractivity contribution in [1.82, 2.24) is 29.9 Å². The van der Waals surface area contributed by atoms with Crippen molar-refractivity contribution in [3.8, 4) is 0 Å². The van der Waals surface area contributed by atoms with Crippen LogP contribution in [0.1, 0.15) is 43.3 Å². The second-order valence-electron chi connectivity index (χ2n) is 7.96. The average molecular weight is 434 g/mol. The van der Waals surface area contributed by atoms with Gasteiger partial charge in [0.25, 0.3) is 5.56 Å². The summed E-state index contributed by atoms with van der Waals surface area (Å²) in [7, 11) is 0. The number of hydrogen-bond donors (Lipinski definition) is 1. The maximum atomic E-state index is 13.1. The molecule has 1 amide bonds. The van der Waals surface area contributed by atoms with E-state index in [0.29, 0.717) is 25.1 Å². The third-order valence-corrected chi connectivity index (χ3v) is 5.35. The van der Waals surface area contributed by atoms with E-state index in [1.54, 1.807) is 20.2 Å².